The minimum absolute atomic E-state index is 0.342. The predicted molar refractivity (Wildman–Crippen MR) is 75.6 cm³/mol. The molecule has 0 spiro atoms. The molecule has 0 amide bonds. The topological polar surface area (TPSA) is 72.0 Å². The van der Waals surface area contributed by atoms with E-state index in [4.69, 9.17) is 4.74 Å². The summed E-state index contributed by atoms with van der Waals surface area (Å²) in [6.45, 7) is 4.96. The SMILES string of the molecule is CCNc1nc(NC(CC)CC2CC2)nc(OC)n1. The molecule has 1 aliphatic rings. The second-order valence-corrected chi connectivity index (χ2v) is 4.93. The molecule has 19 heavy (non-hydrogen) atoms. The zero-order chi connectivity index (χ0) is 13.7. The number of anilines is 2. The molecule has 0 saturated heterocycles. The first-order chi connectivity index (χ1) is 9.25. The van der Waals surface area contributed by atoms with Gasteiger partial charge in [-0.3, -0.25) is 0 Å². The second kappa shape index (κ2) is 6.54. The minimum Gasteiger partial charge on any atom is -0.467 e. The van der Waals surface area contributed by atoms with Crippen LogP contribution in [-0.4, -0.2) is 34.6 Å². The van der Waals surface area contributed by atoms with Crippen LogP contribution < -0.4 is 15.4 Å². The van der Waals surface area contributed by atoms with Gasteiger partial charge >= 0.3 is 6.01 Å². The molecule has 0 aromatic carbocycles. The van der Waals surface area contributed by atoms with Crippen LogP contribution in [0.2, 0.25) is 0 Å². The maximum Gasteiger partial charge on any atom is 0.322 e. The number of aromatic nitrogens is 3. The number of methoxy groups -OCH3 is 1. The summed E-state index contributed by atoms with van der Waals surface area (Å²) in [5, 5.41) is 6.48. The van der Waals surface area contributed by atoms with E-state index in [1.54, 1.807) is 7.11 Å². The molecule has 1 aliphatic carbocycles. The van der Waals surface area contributed by atoms with E-state index in [0.717, 1.165) is 18.9 Å². The van der Waals surface area contributed by atoms with Crippen molar-refractivity contribution in [3.8, 4) is 6.01 Å². The van der Waals surface area contributed by atoms with Gasteiger partial charge in [-0.05, 0) is 25.7 Å². The Labute approximate surface area is 114 Å². The van der Waals surface area contributed by atoms with Crippen LogP contribution in [0.15, 0.2) is 0 Å². The first-order valence-corrected chi connectivity index (χ1v) is 7.05. The Balaban J connectivity index is 2.05. The highest BCUT2D eigenvalue weighted by atomic mass is 16.5. The molecule has 0 radical (unpaired) electrons. The number of hydrogen-bond acceptors (Lipinski definition) is 6. The summed E-state index contributed by atoms with van der Waals surface area (Å²) in [5.74, 6) is 2.03. The van der Waals surface area contributed by atoms with Gasteiger partial charge in [0.2, 0.25) is 11.9 Å². The quantitative estimate of drug-likeness (QED) is 0.751. The molecule has 2 rings (SSSR count). The number of rotatable bonds is 8. The molecule has 1 heterocycles. The Morgan fingerprint density at radius 3 is 2.53 bits per heavy atom. The monoisotopic (exact) mass is 265 g/mol. The molecule has 1 aromatic heterocycles. The van der Waals surface area contributed by atoms with E-state index in [0.29, 0.717) is 23.9 Å². The van der Waals surface area contributed by atoms with Crippen LogP contribution in [0.4, 0.5) is 11.9 Å². The Kier molecular flexibility index (Phi) is 4.76. The van der Waals surface area contributed by atoms with Gasteiger partial charge in [-0.1, -0.05) is 19.8 Å². The fourth-order valence-corrected chi connectivity index (χ4v) is 2.02. The van der Waals surface area contributed by atoms with Gasteiger partial charge < -0.3 is 15.4 Å². The molecule has 1 atom stereocenters. The van der Waals surface area contributed by atoms with Gasteiger partial charge in [-0.15, -0.1) is 0 Å². The van der Waals surface area contributed by atoms with Crippen LogP contribution in [0, 0.1) is 5.92 Å². The van der Waals surface area contributed by atoms with Gasteiger partial charge in [0.1, 0.15) is 0 Å². The highest BCUT2D eigenvalue weighted by molar-refractivity contribution is 5.36. The maximum atomic E-state index is 5.11. The van der Waals surface area contributed by atoms with Crippen LogP contribution in [0.1, 0.15) is 39.5 Å². The molecule has 0 aliphatic heterocycles. The molecule has 1 fully saturated rings. The predicted octanol–water partition coefficient (Wildman–Crippen LogP) is 2.30. The van der Waals surface area contributed by atoms with Crippen LogP contribution in [0.25, 0.3) is 0 Å². The summed E-state index contributed by atoms with van der Waals surface area (Å²) >= 11 is 0. The highest BCUT2D eigenvalue weighted by Crippen LogP contribution is 2.34. The van der Waals surface area contributed by atoms with E-state index in [-0.39, 0.29) is 0 Å². The summed E-state index contributed by atoms with van der Waals surface area (Å²) in [4.78, 5) is 12.8. The lowest BCUT2D eigenvalue weighted by atomic mass is 10.1. The third-order valence-electron chi connectivity index (χ3n) is 3.27. The van der Waals surface area contributed by atoms with E-state index >= 15 is 0 Å². The molecule has 106 valence electrons. The number of hydrogen-bond donors (Lipinski definition) is 2. The molecule has 1 aromatic rings. The van der Waals surface area contributed by atoms with Gasteiger partial charge in [0.05, 0.1) is 7.11 Å². The smallest absolute Gasteiger partial charge is 0.322 e. The van der Waals surface area contributed by atoms with Gasteiger partial charge in [-0.2, -0.15) is 15.0 Å². The number of ether oxygens (including phenoxy) is 1. The van der Waals surface area contributed by atoms with Gasteiger partial charge in [0.25, 0.3) is 0 Å². The zero-order valence-electron chi connectivity index (χ0n) is 11.9. The molecular formula is C13H23N5O. The largest absolute Gasteiger partial charge is 0.467 e. The Bertz CT molecular complexity index is 408. The van der Waals surface area contributed by atoms with E-state index < -0.39 is 0 Å². The zero-order valence-corrected chi connectivity index (χ0v) is 11.9. The summed E-state index contributed by atoms with van der Waals surface area (Å²) in [7, 11) is 1.57. The van der Waals surface area contributed by atoms with Crippen molar-refractivity contribution in [3.63, 3.8) is 0 Å². The minimum atomic E-state index is 0.342. The first kappa shape index (κ1) is 13.8. The molecule has 6 heteroatoms. The molecule has 1 saturated carbocycles. The molecule has 0 bridgehead atoms. The Morgan fingerprint density at radius 1 is 1.21 bits per heavy atom. The maximum absolute atomic E-state index is 5.11. The Morgan fingerprint density at radius 2 is 1.95 bits per heavy atom. The lowest BCUT2D eigenvalue weighted by Gasteiger charge is -2.17. The third-order valence-corrected chi connectivity index (χ3v) is 3.27. The van der Waals surface area contributed by atoms with Crippen molar-refractivity contribution >= 4 is 11.9 Å². The van der Waals surface area contributed by atoms with Crippen molar-refractivity contribution in [1.82, 2.24) is 15.0 Å². The van der Waals surface area contributed by atoms with Crippen molar-refractivity contribution in [1.29, 1.82) is 0 Å². The first-order valence-electron chi connectivity index (χ1n) is 7.05. The van der Waals surface area contributed by atoms with Crippen LogP contribution in [0.3, 0.4) is 0 Å². The van der Waals surface area contributed by atoms with E-state index in [9.17, 15) is 0 Å². The number of nitrogens with zero attached hydrogens (tertiary/aromatic N) is 3. The molecule has 2 N–H and O–H groups in total. The van der Waals surface area contributed by atoms with E-state index in [2.05, 4.69) is 32.5 Å². The van der Waals surface area contributed by atoms with Crippen LogP contribution in [-0.2, 0) is 0 Å². The third kappa shape index (κ3) is 4.22. The highest BCUT2D eigenvalue weighted by Gasteiger charge is 2.25. The normalized spacial score (nSPS) is 15.9. The average Bonchev–Trinajstić information content (AvgIpc) is 3.22. The van der Waals surface area contributed by atoms with Gasteiger partial charge in [0, 0.05) is 12.6 Å². The summed E-state index contributed by atoms with van der Waals surface area (Å²) < 4.78 is 5.11. The van der Waals surface area contributed by atoms with Crippen LogP contribution >= 0.6 is 0 Å². The average molecular weight is 265 g/mol. The van der Waals surface area contributed by atoms with Crippen molar-refractivity contribution in [2.24, 2.45) is 5.92 Å². The van der Waals surface area contributed by atoms with Crippen molar-refractivity contribution in [2.45, 2.75) is 45.6 Å². The van der Waals surface area contributed by atoms with Crippen molar-refractivity contribution in [2.75, 3.05) is 24.3 Å². The number of nitrogens with one attached hydrogen (secondary N) is 2. The second-order valence-electron chi connectivity index (χ2n) is 4.93. The molecule has 6 nitrogen and oxygen atoms in total. The van der Waals surface area contributed by atoms with E-state index in [1.807, 2.05) is 6.92 Å². The standard InChI is InChI=1S/C13H23N5O/c1-4-10(8-9-6-7-9)15-12-16-11(14-5-2)17-13(18-12)19-3/h9-10H,4-8H2,1-3H3,(H2,14,15,16,17,18). The summed E-state index contributed by atoms with van der Waals surface area (Å²) in [5.41, 5.74) is 0. The Hall–Kier alpha value is -1.59. The lowest BCUT2D eigenvalue weighted by Crippen LogP contribution is -2.21. The fraction of sp³-hybridized carbons (Fsp3) is 0.769. The molecular weight excluding hydrogens is 242 g/mol. The van der Waals surface area contributed by atoms with Crippen LogP contribution in [0.5, 0.6) is 6.01 Å². The fourth-order valence-electron chi connectivity index (χ4n) is 2.02. The van der Waals surface area contributed by atoms with Crippen molar-refractivity contribution < 1.29 is 4.74 Å². The lowest BCUT2D eigenvalue weighted by molar-refractivity contribution is 0.379. The summed E-state index contributed by atoms with van der Waals surface area (Å²) in [6.07, 6.45) is 4.99. The summed E-state index contributed by atoms with van der Waals surface area (Å²) in [6, 6.07) is 0.767. The molecule has 1 unspecified atom stereocenters. The van der Waals surface area contributed by atoms with Gasteiger partial charge in [-0.25, -0.2) is 0 Å². The van der Waals surface area contributed by atoms with Gasteiger partial charge in [0.15, 0.2) is 0 Å². The van der Waals surface area contributed by atoms with E-state index in [1.165, 1.54) is 19.3 Å². The van der Waals surface area contributed by atoms with Crippen molar-refractivity contribution in [3.05, 3.63) is 0 Å².